The van der Waals surface area contributed by atoms with Gasteiger partial charge in [-0.2, -0.15) is 9.49 Å². The average Bonchev–Trinajstić information content (AvgIpc) is 3.21. The lowest BCUT2D eigenvalue weighted by atomic mass is 9.95. The number of nitrogens with one attached hydrogen (secondary N) is 1. The van der Waals surface area contributed by atoms with Crippen molar-refractivity contribution in [2.75, 3.05) is 6.67 Å². The lowest BCUT2D eigenvalue weighted by Gasteiger charge is -2.22. The maximum atomic E-state index is 13.7. The molecule has 0 bridgehead atoms. The van der Waals surface area contributed by atoms with Crippen LogP contribution in [0.15, 0.2) is 42.5 Å². The summed E-state index contributed by atoms with van der Waals surface area (Å²) in [7, 11) is 0. The number of carbonyl (C=O) groups excluding carboxylic acids is 1. The molecular weight excluding hydrogens is 514 g/mol. The minimum Gasteiger partial charge on any atom is -0.457 e. The molecule has 2 aromatic carbocycles. The van der Waals surface area contributed by atoms with E-state index >= 15 is 0 Å². The number of halogens is 5. The molecule has 3 aromatic rings. The number of benzene rings is 2. The molecule has 1 aromatic heterocycles. The van der Waals surface area contributed by atoms with Crippen molar-refractivity contribution in [1.29, 1.82) is 0 Å². The van der Waals surface area contributed by atoms with E-state index in [0.717, 1.165) is 25.7 Å². The van der Waals surface area contributed by atoms with Gasteiger partial charge in [0.15, 0.2) is 11.9 Å². The molecule has 0 spiro atoms. The van der Waals surface area contributed by atoms with Crippen molar-refractivity contribution in [1.82, 2.24) is 15.1 Å². The van der Waals surface area contributed by atoms with Crippen molar-refractivity contribution >= 4 is 29.1 Å². The Kier molecular flexibility index (Phi) is 8.46. The molecule has 192 valence electrons. The van der Waals surface area contributed by atoms with Crippen LogP contribution in [0, 0.1) is 6.92 Å². The van der Waals surface area contributed by atoms with Crippen LogP contribution in [-0.2, 0) is 0 Å². The van der Waals surface area contributed by atoms with Gasteiger partial charge in [0.1, 0.15) is 12.4 Å². The first-order chi connectivity index (χ1) is 17.3. The molecule has 5 nitrogen and oxygen atoms in total. The predicted octanol–water partition coefficient (Wildman–Crippen LogP) is 7.20. The highest BCUT2D eigenvalue weighted by molar-refractivity contribution is 6.35. The quantitative estimate of drug-likeness (QED) is 0.329. The third-order valence-corrected chi connectivity index (χ3v) is 6.76. The second kappa shape index (κ2) is 11.6. The van der Waals surface area contributed by atoms with Crippen molar-refractivity contribution in [3.05, 3.63) is 63.8 Å². The first-order valence-corrected chi connectivity index (χ1v) is 12.5. The number of carbonyl (C=O) groups is 1. The van der Waals surface area contributed by atoms with Gasteiger partial charge in [-0.15, -0.1) is 0 Å². The first-order valence-electron chi connectivity index (χ1n) is 11.8. The van der Waals surface area contributed by atoms with Gasteiger partial charge in [0, 0.05) is 22.2 Å². The summed E-state index contributed by atoms with van der Waals surface area (Å²) in [5.41, 5.74) is 2.61. The normalized spacial score (nSPS) is 15.9. The van der Waals surface area contributed by atoms with Gasteiger partial charge in [0.05, 0.1) is 16.4 Å². The second-order valence-electron chi connectivity index (χ2n) is 8.80. The zero-order valence-electron chi connectivity index (χ0n) is 19.6. The van der Waals surface area contributed by atoms with Crippen LogP contribution in [-0.4, -0.2) is 40.9 Å². The SMILES string of the molecule is Cc1c(C(=O)NC2CCCCC2)nn(-c2ccc(Cl)cc2Cl)c1-c1ccc(OC(F)C(F)CF)cc1. The van der Waals surface area contributed by atoms with E-state index in [0.29, 0.717) is 32.6 Å². The molecule has 2 atom stereocenters. The smallest absolute Gasteiger partial charge is 0.272 e. The molecule has 2 unspecified atom stereocenters. The highest BCUT2D eigenvalue weighted by Gasteiger charge is 2.26. The molecule has 1 aliphatic carbocycles. The number of amides is 1. The van der Waals surface area contributed by atoms with Crippen LogP contribution >= 0.6 is 23.2 Å². The molecule has 0 aliphatic heterocycles. The summed E-state index contributed by atoms with van der Waals surface area (Å²) in [4.78, 5) is 13.2. The number of rotatable bonds is 8. The standard InChI is InChI=1S/C26H26Cl2F3N3O2/c1-15-23(26(35)32-18-5-3-2-4-6-18)33-34(22-12-9-17(27)13-20(22)28)24(15)16-7-10-19(11-8-16)36-25(31)21(30)14-29/h7-13,18,21,25H,2-6,14H2,1H3,(H,32,35). The first kappa shape index (κ1) is 26.4. The number of hydrogen-bond acceptors (Lipinski definition) is 3. The van der Waals surface area contributed by atoms with Gasteiger partial charge >= 0.3 is 0 Å². The van der Waals surface area contributed by atoms with Gasteiger partial charge in [-0.25, -0.2) is 13.5 Å². The van der Waals surface area contributed by atoms with E-state index in [2.05, 4.69) is 10.4 Å². The Balaban J connectivity index is 1.71. The summed E-state index contributed by atoms with van der Waals surface area (Å²) in [6.07, 6.45) is 0.393. The van der Waals surface area contributed by atoms with Crippen LogP contribution < -0.4 is 10.1 Å². The molecule has 36 heavy (non-hydrogen) atoms. The van der Waals surface area contributed by atoms with Crippen molar-refractivity contribution < 1.29 is 22.7 Å². The Hall–Kier alpha value is -2.71. The lowest BCUT2D eigenvalue weighted by Crippen LogP contribution is -2.36. The molecule has 4 rings (SSSR count). The monoisotopic (exact) mass is 539 g/mol. The molecule has 0 radical (unpaired) electrons. The summed E-state index contributed by atoms with van der Waals surface area (Å²) in [6, 6.07) is 11.2. The number of nitrogens with zero attached hydrogens (tertiary/aromatic N) is 2. The highest BCUT2D eigenvalue weighted by atomic mass is 35.5. The van der Waals surface area contributed by atoms with Crippen molar-refractivity contribution in [3.63, 3.8) is 0 Å². The highest BCUT2D eigenvalue weighted by Crippen LogP contribution is 2.34. The third-order valence-electron chi connectivity index (χ3n) is 6.22. The van der Waals surface area contributed by atoms with Crippen LogP contribution in [0.2, 0.25) is 10.0 Å². The predicted molar refractivity (Wildman–Crippen MR) is 134 cm³/mol. The number of ether oxygens (including phenoxy) is 1. The summed E-state index contributed by atoms with van der Waals surface area (Å²) in [5.74, 6) is -0.240. The Bertz CT molecular complexity index is 1210. The molecule has 1 amide bonds. The Morgan fingerprint density at radius 2 is 1.83 bits per heavy atom. The summed E-state index contributed by atoms with van der Waals surface area (Å²) in [5, 5.41) is 8.49. The third kappa shape index (κ3) is 5.81. The van der Waals surface area contributed by atoms with Crippen molar-refractivity contribution in [2.45, 2.75) is 57.6 Å². The molecule has 1 N–H and O–H groups in total. The molecule has 1 fully saturated rings. The van der Waals surface area contributed by atoms with Crippen LogP contribution in [0.3, 0.4) is 0 Å². The fourth-order valence-electron chi connectivity index (χ4n) is 4.34. The summed E-state index contributed by atoms with van der Waals surface area (Å²) in [6.45, 7) is 0.306. The van der Waals surface area contributed by atoms with Crippen molar-refractivity contribution in [2.24, 2.45) is 0 Å². The molecule has 1 heterocycles. The van der Waals surface area contributed by atoms with Crippen LogP contribution in [0.1, 0.15) is 48.2 Å². The van der Waals surface area contributed by atoms with E-state index in [1.165, 1.54) is 18.6 Å². The topological polar surface area (TPSA) is 56.2 Å². The maximum Gasteiger partial charge on any atom is 0.272 e. The van der Waals surface area contributed by atoms with E-state index in [4.69, 9.17) is 27.9 Å². The fourth-order valence-corrected chi connectivity index (χ4v) is 4.83. The molecule has 1 aliphatic rings. The van der Waals surface area contributed by atoms with E-state index in [-0.39, 0.29) is 23.4 Å². The lowest BCUT2D eigenvalue weighted by molar-refractivity contribution is -0.0148. The van der Waals surface area contributed by atoms with Crippen molar-refractivity contribution in [3.8, 4) is 22.7 Å². The molecular formula is C26H26Cl2F3N3O2. The van der Waals surface area contributed by atoms with E-state index in [1.54, 1.807) is 41.9 Å². The maximum absolute atomic E-state index is 13.7. The van der Waals surface area contributed by atoms with Gasteiger partial charge < -0.3 is 10.1 Å². The number of alkyl halides is 3. The molecule has 0 saturated heterocycles. The van der Waals surface area contributed by atoms with E-state index in [1.807, 2.05) is 0 Å². The average molecular weight is 540 g/mol. The second-order valence-corrected chi connectivity index (χ2v) is 9.65. The van der Waals surface area contributed by atoms with E-state index < -0.39 is 19.2 Å². The van der Waals surface area contributed by atoms with Gasteiger partial charge in [-0.3, -0.25) is 4.79 Å². The number of hydrogen-bond donors (Lipinski definition) is 1. The Morgan fingerprint density at radius 1 is 1.14 bits per heavy atom. The summed E-state index contributed by atoms with van der Waals surface area (Å²) < 4.78 is 45.7. The van der Waals surface area contributed by atoms with Crippen LogP contribution in [0.4, 0.5) is 13.2 Å². The van der Waals surface area contributed by atoms with Crippen LogP contribution in [0.25, 0.3) is 16.9 Å². The zero-order valence-corrected chi connectivity index (χ0v) is 21.1. The van der Waals surface area contributed by atoms with E-state index in [9.17, 15) is 18.0 Å². The zero-order chi connectivity index (χ0) is 25.8. The Labute approximate surface area is 217 Å². The van der Waals surface area contributed by atoms with Gasteiger partial charge in [-0.1, -0.05) is 42.5 Å². The number of aromatic nitrogens is 2. The van der Waals surface area contributed by atoms with Crippen LogP contribution in [0.5, 0.6) is 5.75 Å². The largest absolute Gasteiger partial charge is 0.457 e. The Morgan fingerprint density at radius 3 is 2.47 bits per heavy atom. The minimum atomic E-state index is -2.42. The van der Waals surface area contributed by atoms with Gasteiger partial charge in [-0.05, 0) is 62.2 Å². The van der Waals surface area contributed by atoms with Gasteiger partial charge in [0.25, 0.3) is 12.3 Å². The molecule has 10 heteroatoms. The van der Waals surface area contributed by atoms with Gasteiger partial charge in [0.2, 0.25) is 0 Å². The summed E-state index contributed by atoms with van der Waals surface area (Å²) >= 11 is 12.5. The molecule has 1 saturated carbocycles. The minimum absolute atomic E-state index is 0.0332. The fraction of sp³-hybridized carbons (Fsp3) is 0.385.